The molecule has 2 saturated heterocycles. The third-order valence-electron chi connectivity index (χ3n) is 7.16. The van der Waals surface area contributed by atoms with Crippen LogP contribution >= 0.6 is 11.8 Å². The molecule has 3 atom stereocenters. The molecular formula is C27H27FN4O5S. The van der Waals surface area contributed by atoms with Crippen LogP contribution in [0.15, 0.2) is 59.4 Å². The average Bonchev–Trinajstić information content (AvgIpc) is 3.52. The van der Waals surface area contributed by atoms with Crippen molar-refractivity contribution in [3.63, 3.8) is 0 Å². The van der Waals surface area contributed by atoms with Crippen molar-refractivity contribution in [1.82, 2.24) is 14.3 Å². The molecule has 2 fully saturated rings. The zero-order chi connectivity index (χ0) is 27.2. The number of rotatable bonds is 6. The van der Waals surface area contributed by atoms with Gasteiger partial charge in [-0.25, -0.2) is 13.9 Å². The number of para-hydroxylation sites is 1. The maximum atomic E-state index is 13.5. The molecule has 9 nitrogen and oxygen atoms in total. The maximum absolute atomic E-state index is 13.5. The van der Waals surface area contributed by atoms with Crippen LogP contribution in [-0.4, -0.2) is 49.9 Å². The summed E-state index contributed by atoms with van der Waals surface area (Å²) in [5, 5.41) is 2.61. The van der Waals surface area contributed by atoms with E-state index in [1.165, 1.54) is 40.4 Å². The minimum atomic E-state index is -1.21. The van der Waals surface area contributed by atoms with E-state index in [0.717, 1.165) is 5.56 Å². The molecule has 2 aliphatic heterocycles. The number of hydrogen-bond donors (Lipinski definition) is 1. The number of fused-ring (bicyclic) bond motifs is 1. The first-order valence-electron chi connectivity index (χ1n) is 12.2. The van der Waals surface area contributed by atoms with Crippen molar-refractivity contribution >= 4 is 35.2 Å². The van der Waals surface area contributed by atoms with Gasteiger partial charge in [0.05, 0.1) is 11.4 Å². The van der Waals surface area contributed by atoms with Crippen LogP contribution in [0.5, 0.6) is 0 Å². The molecule has 2 amide bonds. The van der Waals surface area contributed by atoms with Crippen molar-refractivity contribution in [2.75, 3.05) is 11.1 Å². The molecule has 0 bridgehead atoms. The summed E-state index contributed by atoms with van der Waals surface area (Å²) < 4.78 is 22.1. The van der Waals surface area contributed by atoms with Crippen LogP contribution in [-0.2, 0) is 31.0 Å². The van der Waals surface area contributed by atoms with Gasteiger partial charge in [-0.05, 0) is 50.1 Å². The molecule has 2 aromatic carbocycles. The molecule has 1 aromatic heterocycles. The second-order valence-electron chi connectivity index (χ2n) is 9.39. The van der Waals surface area contributed by atoms with Crippen LogP contribution in [0, 0.1) is 12.7 Å². The fraction of sp³-hybridized carbons (Fsp3) is 0.333. The number of nitrogens with one attached hydrogen (secondary N) is 1. The highest BCUT2D eigenvalue weighted by Gasteiger charge is 2.57. The van der Waals surface area contributed by atoms with Crippen molar-refractivity contribution in [2.24, 2.45) is 7.05 Å². The van der Waals surface area contributed by atoms with Crippen molar-refractivity contribution in [1.29, 1.82) is 0 Å². The maximum Gasteiger partial charge on any atom is 0.330 e. The number of anilines is 1. The Labute approximate surface area is 222 Å². The van der Waals surface area contributed by atoms with Gasteiger partial charge < -0.3 is 15.0 Å². The topological polar surface area (TPSA) is 103 Å². The molecule has 3 heterocycles. The van der Waals surface area contributed by atoms with Gasteiger partial charge in [-0.2, -0.15) is 0 Å². The number of amides is 2. The summed E-state index contributed by atoms with van der Waals surface area (Å²) in [6, 6.07) is 14.0. The lowest BCUT2D eigenvalue weighted by atomic mass is 10.0. The summed E-state index contributed by atoms with van der Waals surface area (Å²) in [6.07, 6.45) is -0.469. The lowest BCUT2D eigenvalue weighted by Crippen LogP contribution is -2.48. The number of esters is 1. The van der Waals surface area contributed by atoms with Crippen molar-refractivity contribution in [3.8, 4) is 5.69 Å². The van der Waals surface area contributed by atoms with Gasteiger partial charge in [0.25, 0.3) is 11.5 Å². The smallest absolute Gasteiger partial charge is 0.330 e. The van der Waals surface area contributed by atoms with Crippen LogP contribution in [0.4, 0.5) is 10.1 Å². The molecule has 2 aliphatic rings. The van der Waals surface area contributed by atoms with Gasteiger partial charge >= 0.3 is 5.97 Å². The SMILES string of the molecule is Cc1c(NC(=O)C(C)OC(=O)C2CSC3(c4ccc(F)cc4)CCC(=O)N23)c(=O)n(-c2ccccc2)n1C. The second-order valence-corrected chi connectivity index (χ2v) is 10.7. The van der Waals surface area contributed by atoms with Gasteiger partial charge in [0.2, 0.25) is 5.91 Å². The van der Waals surface area contributed by atoms with Crippen LogP contribution in [0.3, 0.4) is 0 Å². The third kappa shape index (κ3) is 4.20. The Bertz CT molecular complexity index is 1470. The van der Waals surface area contributed by atoms with Crippen molar-refractivity contribution < 1.29 is 23.5 Å². The zero-order valence-electron chi connectivity index (χ0n) is 21.1. The summed E-state index contributed by atoms with van der Waals surface area (Å²) >= 11 is 1.44. The lowest BCUT2D eigenvalue weighted by Gasteiger charge is -2.33. The summed E-state index contributed by atoms with van der Waals surface area (Å²) in [5.41, 5.74) is 1.59. The Balaban J connectivity index is 1.31. The van der Waals surface area contributed by atoms with Crippen LogP contribution in [0.1, 0.15) is 31.0 Å². The monoisotopic (exact) mass is 538 g/mol. The number of halogens is 1. The second kappa shape index (κ2) is 9.79. The molecule has 0 aliphatic carbocycles. The van der Waals surface area contributed by atoms with E-state index in [0.29, 0.717) is 17.8 Å². The fourth-order valence-corrected chi connectivity index (χ4v) is 6.71. The first-order valence-corrected chi connectivity index (χ1v) is 13.2. The number of benzene rings is 2. The Hall–Kier alpha value is -3.86. The van der Waals surface area contributed by atoms with Crippen LogP contribution in [0.2, 0.25) is 0 Å². The normalized spacial score (nSPS) is 21.3. The van der Waals surface area contributed by atoms with Gasteiger partial charge in [0.1, 0.15) is 22.4 Å². The lowest BCUT2D eigenvalue weighted by molar-refractivity contribution is -0.160. The highest BCUT2D eigenvalue weighted by Crippen LogP contribution is 2.54. The van der Waals surface area contributed by atoms with E-state index in [1.807, 2.05) is 6.07 Å². The van der Waals surface area contributed by atoms with Crippen LogP contribution < -0.4 is 10.9 Å². The Morgan fingerprint density at radius 2 is 1.82 bits per heavy atom. The number of ether oxygens (including phenoxy) is 1. The molecule has 11 heteroatoms. The van der Waals surface area contributed by atoms with E-state index in [9.17, 15) is 23.6 Å². The van der Waals surface area contributed by atoms with E-state index in [1.54, 1.807) is 55.1 Å². The van der Waals surface area contributed by atoms with Crippen molar-refractivity contribution in [2.45, 2.75) is 43.7 Å². The zero-order valence-corrected chi connectivity index (χ0v) is 22.0. The quantitative estimate of drug-likeness (QED) is 0.484. The highest BCUT2D eigenvalue weighted by molar-refractivity contribution is 8.00. The third-order valence-corrected chi connectivity index (χ3v) is 8.76. The largest absolute Gasteiger partial charge is 0.451 e. The standard InChI is InChI=1S/C27H27FN4O5S/c1-16-23(25(35)32(30(16)3)20-7-5-4-6-8-20)29-24(34)17(2)37-26(36)21-15-38-27(14-13-22(33)31(21)27)18-9-11-19(28)12-10-18/h4-12,17,21H,13-15H2,1-3H3,(H,29,34). The van der Waals surface area contributed by atoms with Gasteiger partial charge in [0, 0.05) is 19.2 Å². The number of hydrogen-bond acceptors (Lipinski definition) is 6. The van der Waals surface area contributed by atoms with Gasteiger partial charge in [-0.1, -0.05) is 30.3 Å². The highest BCUT2D eigenvalue weighted by atomic mass is 32.2. The van der Waals surface area contributed by atoms with Gasteiger partial charge in [0.15, 0.2) is 6.10 Å². The Morgan fingerprint density at radius 3 is 2.50 bits per heavy atom. The van der Waals surface area contributed by atoms with Gasteiger partial charge in [-0.3, -0.25) is 19.1 Å². The molecule has 0 saturated carbocycles. The molecule has 3 aromatic rings. The van der Waals surface area contributed by atoms with E-state index in [-0.39, 0.29) is 29.6 Å². The molecule has 5 rings (SSSR count). The molecule has 38 heavy (non-hydrogen) atoms. The fourth-order valence-electron chi connectivity index (χ4n) is 5.07. The number of thioether (sulfide) groups is 1. The van der Waals surface area contributed by atoms with E-state index >= 15 is 0 Å². The van der Waals surface area contributed by atoms with E-state index in [4.69, 9.17) is 4.74 Å². The molecule has 198 valence electrons. The van der Waals surface area contributed by atoms with Crippen molar-refractivity contribution in [3.05, 3.63) is 82.0 Å². The average molecular weight is 539 g/mol. The molecule has 1 N–H and O–H groups in total. The van der Waals surface area contributed by atoms with E-state index in [2.05, 4.69) is 5.32 Å². The predicted octanol–water partition coefficient (Wildman–Crippen LogP) is 3.08. The van der Waals surface area contributed by atoms with E-state index < -0.39 is 34.5 Å². The van der Waals surface area contributed by atoms with Crippen LogP contribution in [0.25, 0.3) is 5.69 Å². The minimum Gasteiger partial charge on any atom is -0.451 e. The summed E-state index contributed by atoms with van der Waals surface area (Å²) in [5.74, 6) is -1.65. The summed E-state index contributed by atoms with van der Waals surface area (Å²) in [4.78, 5) is 52.8. The summed E-state index contributed by atoms with van der Waals surface area (Å²) in [7, 11) is 1.71. The first kappa shape index (κ1) is 25.8. The predicted molar refractivity (Wildman–Crippen MR) is 140 cm³/mol. The summed E-state index contributed by atoms with van der Waals surface area (Å²) in [6.45, 7) is 3.12. The molecular weight excluding hydrogens is 511 g/mol. The number of carbonyl (C=O) groups excluding carboxylic acids is 3. The molecule has 0 spiro atoms. The number of nitrogens with zero attached hydrogens (tertiary/aromatic N) is 3. The number of aromatic nitrogens is 2. The Kier molecular flexibility index (Phi) is 6.64. The minimum absolute atomic E-state index is 0.0886. The number of carbonyl (C=O) groups is 3. The first-order chi connectivity index (χ1) is 18.1. The molecule has 3 unspecified atom stereocenters. The Morgan fingerprint density at radius 1 is 1.13 bits per heavy atom. The molecule has 0 radical (unpaired) electrons. The van der Waals surface area contributed by atoms with Gasteiger partial charge in [-0.15, -0.1) is 11.8 Å².